The maximum atomic E-state index is 13.1. The molecule has 0 aromatic heterocycles. The highest BCUT2D eigenvalue weighted by molar-refractivity contribution is 5.97. The topological polar surface area (TPSA) is 58.6 Å². The Hall–Kier alpha value is -1.79. The summed E-state index contributed by atoms with van der Waals surface area (Å²) in [7, 11) is 1.78. The standard InChI is InChI=1S/C29H43FN2O3/c1-35-27-4-2-3-22(19-27)20-28(33)31-26-11-5-21(6-12-26)13-16-32-17-14-24(15-18-32)29(34)23-7-9-25(30)10-8-23/h7-10,21-22,24,26-27H,2-6,11-20H2,1H3,(H,31,33)/t21-,22?,26-,27?. The molecule has 1 saturated heterocycles. The van der Waals surface area contributed by atoms with Crippen molar-refractivity contribution in [3.8, 4) is 0 Å². The Labute approximate surface area is 210 Å². The van der Waals surface area contributed by atoms with Gasteiger partial charge in [0.2, 0.25) is 5.91 Å². The number of nitrogens with one attached hydrogen (secondary N) is 1. The van der Waals surface area contributed by atoms with Crippen LogP contribution in [0.4, 0.5) is 4.39 Å². The SMILES string of the molecule is COC1CCCC(CC(=O)N[C@H]2CC[C@H](CCN3CCC(C(=O)c4ccc(F)cc4)CC3)CC2)C1. The number of ether oxygens (including phenoxy) is 1. The van der Waals surface area contributed by atoms with Crippen LogP contribution in [0.5, 0.6) is 0 Å². The van der Waals surface area contributed by atoms with Crippen LogP contribution in [0.25, 0.3) is 0 Å². The van der Waals surface area contributed by atoms with Crippen LogP contribution in [-0.2, 0) is 9.53 Å². The van der Waals surface area contributed by atoms with Crippen molar-refractivity contribution in [2.45, 2.75) is 89.2 Å². The molecule has 2 aliphatic carbocycles. The van der Waals surface area contributed by atoms with Crippen molar-refractivity contribution in [1.29, 1.82) is 0 Å². The normalized spacial score (nSPS) is 28.5. The molecule has 4 rings (SSSR count). The van der Waals surface area contributed by atoms with E-state index < -0.39 is 0 Å². The first kappa shape index (κ1) is 26.3. The fourth-order valence-corrected chi connectivity index (χ4v) is 6.42. The zero-order valence-electron chi connectivity index (χ0n) is 21.4. The number of carbonyl (C=O) groups is 2. The molecule has 2 atom stereocenters. The van der Waals surface area contributed by atoms with Gasteiger partial charge in [-0.1, -0.05) is 6.42 Å². The molecule has 1 aromatic carbocycles. The predicted octanol–water partition coefficient (Wildman–Crippen LogP) is 5.38. The van der Waals surface area contributed by atoms with Gasteiger partial charge >= 0.3 is 0 Å². The molecule has 1 heterocycles. The third kappa shape index (κ3) is 7.85. The van der Waals surface area contributed by atoms with Gasteiger partial charge in [0.1, 0.15) is 5.82 Å². The summed E-state index contributed by atoms with van der Waals surface area (Å²) in [5.74, 6) is 1.36. The number of Topliss-reactive ketones (excluding diaryl/α,β-unsaturated/α-hetero) is 1. The number of rotatable bonds is 9. The molecule has 1 aromatic rings. The van der Waals surface area contributed by atoms with Crippen LogP contribution in [0.3, 0.4) is 0 Å². The number of nitrogens with zero attached hydrogens (tertiary/aromatic N) is 1. The lowest BCUT2D eigenvalue weighted by atomic mass is 9.83. The van der Waals surface area contributed by atoms with E-state index in [4.69, 9.17) is 4.74 Å². The van der Waals surface area contributed by atoms with E-state index in [1.54, 1.807) is 19.2 Å². The largest absolute Gasteiger partial charge is 0.381 e. The molecule has 35 heavy (non-hydrogen) atoms. The van der Waals surface area contributed by atoms with E-state index in [0.717, 1.165) is 70.5 Å². The first-order valence-electron chi connectivity index (χ1n) is 13.8. The van der Waals surface area contributed by atoms with Gasteiger partial charge in [-0.15, -0.1) is 0 Å². The Morgan fingerprint density at radius 1 is 0.971 bits per heavy atom. The van der Waals surface area contributed by atoms with Crippen molar-refractivity contribution >= 4 is 11.7 Å². The molecule has 3 fully saturated rings. The fourth-order valence-electron chi connectivity index (χ4n) is 6.42. The Kier molecular flexibility index (Phi) is 9.73. The number of amides is 1. The monoisotopic (exact) mass is 486 g/mol. The molecule has 2 unspecified atom stereocenters. The molecule has 1 aliphatic heterocycles. The number of ketones is 1. The predicted molar refractivity (Wildman–Crippen MR) is 136 cm³/mol. The molecule has 3 aliphatic rings. The van der Waals surface area contributed by atoms with Crippen molar-refractivity contribution in [1.82, 2.24) is 10.2 Å². The molecule has 0 bridgehead atoms. The minimum Gasteiger partial charge on any atom is -0.381 e. The van der Waals surface area contributed by atoms with Gasteiger partial charge in [0.05, 0.1) is 6.10 Å². The summed E-state index contributed by atoms with van der Waals surface area (Å²) in [5, 5.41) is 3.31. The maximum Gasteiger partial charge on any atom is 0.220 e. The lowest BCUT2D eigenvalue weighted by molar-refractivity contribution is -0.123. The van der Waals surface area contributed by atoms with Crippen LogP contribution in [0.1, 0.15) is 87.4 Å². The average Bonchev–Trinajstić information content (AvgIpc) is 2.88. The zero-order valence-corrected chi connectivity index (χ0v) is 21.4. The van der Waals surface area contributed by atoms with Crippen LogP contribution in [0, 0.1) is 23.6 Å². The van der Waals surface area contributed by atoms with E-state index in [0.29, 0.717) is 30.0 Å². The Morgan fingerprint density at radius 2 is 1.69 bits per heavy atom. The molecule has 0 spiro atoms. The summed E-state index contributed by atoms with van der Waals surface area (Å²) in [5.41, 5.74) is 0.631. The highest BCUT2D eigenvalue weighted by atomic mass is 19.1. The van der Waals surface area contributed by atoms with Crippen LogP contribution in [0.2, 0.25) is 0 Å². The summed E-state index contributed by atoms with van der Waals surface area (Å²) >= 11 is 0. The molecular formula is C29H43FN2O3. The summed E-state index contributed by atoms with van der Waals surface area (Å²) in [6.45, 7) is 3.03. The van der Waals surface area contributed by atoms with Gasteiger partial charge in [-0.05, 0) is 120 Å². The molecule has 194 valence electrons. The summed E-state index contributed by atoms with van der Waals surface area (Å²) in [6, 6.07) is 6.30. The third-order valence-electron chi connectivity index (χ3n) is 8.69. The van der Waals surface area contributed by atoms with Gasteiger partial charge in [-0.2, -0.15) is 0 Å². The average molecular weight is 487 g/mol. The van der Waals surface area contributed by atoms with E-state index in [-0.39, 0.29) is 23.4 Å². The Morgan fingerprint density at radius 3 is 2.37 bits per heavy atom. The van der Waals surface area contributed by atoms with Crippen molar-refractivity contribution in [3.63, 3.8) is 0 Å². The number of hydrogen-bond acceptors (Lipinski definition) is 4. The summed E-state index contributed by atoms with van der Waals surface area (Å²) < 4.78 is 18.6. The number of likely N-dealkylation sites (tertiary alicyclic amines) is 1. The summed E-state index contributed by atoms with van der Waals surface area (Å²) in [6.07, 6.45) is 13.0. The smallest absolute Gasteiger partial charge is 0.220 e. The number of halogens is 1. The highest BCUT2D eigenvalue weighted by Gasteiger charge is 2.28. The van der Waals surface area contributed by atoms with Gasteiger partial charge in [0.25, 0.3) is 0 Å². The second-order valence-corrected chi connectivity index (χ2v) is 11.2. The summed E-state index contributed by atoms with van der Waals surface area (Å²) in [4.78, 5) is 27.8. The second kappa shape index (κ2) is 13.0. The van der Waals surface area contributed by atoms with Gasteiger partial charge in [-0.3, -0.25) is 9.59 Å². The van der Waals surface area contributed by atoms with E-state index in [2.05, 4.69) is 10.2 Å². The third-order valence-corrected chi connectivity index (χ3v) is 8.69. The molecule has 1 amide bonds. The van der Waals surface area contributed by atoms with Crippen LogP contribution in [-0.4, -0.2) is 55.5 Å². The van der Waals surface area contributed by atoms with Crippen molar-refractivity contribution in [2.24, 2.45) is 17.8 Å². The Bertz CT molecular complexity index is 814. The van der Waals surface area contributed by atoms with Gasteiger partial charge in [0, 0.05) is 31.1 Å². The number of hydrogen-bond donors (Lipinski definition) is 1. The van der Waals surface area contributed by atoms with Crippen LogP contribution < -0.4 is 5.32 Å². The number of piperidine rings is 1. The second-order valence-electron chi connectivity index (χ2n) is 11.2. The lowest BCUT2D eigenvalue weighted by Gasteiger charge is -2.34. The van der Waals surface area contributed by atoms with E-state index in [1.807, 2.05) is 0 Å². The molecule has 2 saturated carbocycles. The minimum atomic E-state index is -0.298. The van der Waals surface area contributed by atoms with Gasteiger partial charge < -0.3 is 15.0 Å². The van der Waals surface area contributed by atoms with Gasteiger partial charge in [0.15, 0.2) is 5.78 Å². The van der Waals surface area contributed by atoms with Crippen LogP contribution >= 0.6 is 0 Å². The maximum absolute atomic E-state index is 13.1. The number of carbonyl (C=O) groups excluding carboxylic acids is 2. The first-order chi connectivity index (χ1) is 17.0. The van der Waals surface area contributed by atoms with Crippen LogP contribution in [0.15, 0.2) is 24.3 Å². The van der Waals surface area contributed by atoms with Crippen molar-refractivity contribution < 1.29 is 18.7 Å². The highest BCUT2D eigenvalue weighted by Crippen LogP contribution is 2.30. The Balaban J connectivity index is 1.09. The molecular weight excluding hydrogens is 443 g/mol. The van der Waals surface area contributed by atoms with E-state index in [9.17, 15) is 14.0 Å². The van der Waals surface area contributed by atoms with Crippen molar-refractivity contribution in [3.05, 3.63) is 35.6 Å². The van der Waals surface area contributed by atoms with E-state index in [1.165, 1.54) is 37.8 Å². The lowest BCUT2D eigenvalue weighted by Crippen LogP contribution is -2.40. The first-order valence-corrected chi connectivity index (χ1v) is 13.8. The van der Waals surface area contributed by atoms with Gasteiger partial charge in [-0.25, -0.2) is 4.39 Å². The van der Waals surface area contributed by atoms with Crippen molar-refractivity contribution in [2.75, 3.05) is 26.7 Å². The quantitative estimate of drug-likeness (QED) is 0.476. The molecule has 6 heteroatoms. The fraction of sp³-hybridized carbons (Fsp3) is 0.724. The molecule has 1 N–H and O–H groups in total. The number of methoxy groups -OCH3 is 1. The minimum absolute atomic E-state index is 0.0600. The number of benzene rings is 1. The zero-order chi connectivity index (χ0) is 24.6. The molecule has 5 nitrogen and oxygen atoms in total. The molecule has 0 radical (unpaired) electrons. The van der Waals surface area contributed by atoms with E-state index >= 15 is 0 Å².